The molecule has 3 unspecified atom stereocenters. The summed E-state index contributed by atoms with van der Waals surface area (Å²) in [5.74, 6) is -1.87. The van der Waals surface area contributed by atoms with Crippen LogP contribution in [0.3, 0.4) is 0 Å². The van der Waals surface area contributed by atoms with E-state index in [0.29, 0.717) is 0 Å². The quantitative estimate of drug-likeness (QED) is 0.0921. The second-order valence-corrected chi connectivity index (χ2v) is 8.34. The maximum atomic E-state index is 12.2. The van der Waals surface area contributed by atoms with Gasteiger partial charge in [0, 0.05) is 18.7 Å². The van der Waals surface area contributed by atoms with E-state index in [2.05, 4.69) is 16.0 Å². The summed E-state index contributed by atoms with van der Waals surface area (Å²) in [4.78, 5) is 35.4. The largest absolute Gasteiger partial charge is 0.480 e. The summed E-state index contributed by atoms with van der Waals surface area (Å²) >= 11 is 1.28. The first-order chi connectivity index (χ1) is 16.2. The Hall–Kier alpha value is -1.56. The van der Waals surface area contributed by atoms with E-state index in [0.717, 1.165) is 0 Å². The Morgan fingerprint density at radius 3 is 2.35 bits per heavy atom. The van der Waals surface area contributed by atoms with Crippen molar-refractivity contribution in [1.29, 1.82) is 0 Å². The molecule has 15 heteroatoms. The number of thioether (sulfide) groups is 1. The fourth-order valence-corrected chi connectivity index (χ4v) is 3.50. The normalized spacial score (nSPS) is 26.5. The van der Waals surface area contributed by atoms with E-state index < -0.39 is 61.3 Å². The molecule has 0 saturated carbocycles. The van der Waals surface area contributed by atoms with Crippen LogP contribution in [-0.4, -0.2) is 138 Å². The van der Waals surface area contributed by atoms with E-state index in [1.165, 1.54) is 18.8 Å². The van der Waals surface area contributed by atoms with Gasteiger partial charge in [-0.15, -0.1) is 0 Å². The Labute approximate surface area is 201 Å². The molecule has 1 aliphatic heterocycles. The molecule has 0 aromatic rings. The minimum Gasteiger partial charge on any atom is -0.480 e. The molecule has 0 aliphatic carbocycles. The summed E-state index contributed by atoms with van der Waals surface area (Å²) in [6.07, 6.45) is -5.14. The number of aliphatic carboxylic acids is 1. The summed E-state index contributed by atoms with van der Waals surface area (Å²) in [5.41, 5.74) is 0. The molecular weight excluding hydrogens is 478 g/mol. The summed E-state index contributed by atoms with van der Waals surface area (Å²) in [5, 5.41) is 55.2. The van der Waals surface area contributed by atoms with Gasteiger partial charge in [-0.2, -0.15) is 11.8 Å². The third-order valence-electron chi connectivity index (χ3n) is 4.95. The number of rotatable bonds is 16. The Kier molecular flexibility index (Phi) is 14.5. The average molecular weight is 514 g/mol. The van der Waals surface area contributed by atoms with Gasteiger partial charge in [0.15, 0.2) is 6.29 Å². The summed E-state index contributed by atoms with van der Waals surface area (Å²) in [7, 11) is 1.51. The fourth-order valence-electron chi connectivity index (χ4n) is 2.94. The molecule has 1 saturated heterocycles. The zero-order chi connectivity index (χ0) is 25.7. The Morgan fingerprint density at radius 1 is 1.06 bits per heavy atom. The first-order valence-electron chi connectivity index (χ1n) is 10.6. The van der Waals surface area contributed by atoms with Crippen molar-refractivity contribution in [1.82, 2.24) is 16.0 Å². The van der Waals surface area contributed by atoms with Crippen LogP contribution in [0.1, 0.15) is 6.42 Å². The van der Waals surface area contributed by atoms with Crippen LogP contribution in [0.2, 0.25) is 0 Å². The molecule has 0 aromatic heterocycles. The van der Waals surface area contributed by atoms with Gasteiger partial charge in [0.1, 0.15) is 36.5 Å². The smallest absolute Gasteiger partial charge is 0.327 e. The highest BCUT2D eigenvalue weighted by molar-refractivity contribution is 7.98. The lowest BCUT2D eigenvalue weighted by Crippen LogP contribution is -2.59. The molecule has 8 N–H and O–H groups in total. The number of hydrogen-bond acceptors (Lipinski definition) is 12. The van der Waals surface area contributed by atoms with Crippen molar-refractivity contribution in [2.75, 3.05) is 52.0 Å². The molecule has 14 nitrogen and oxygen atoms in total. The minimum atomic E-state index is -1.54. The number of likely N-dealkylation sites (N-methyl/N-ethyl adjacent to an activating group) is 1. The number of ether oxygens (including phenoxy) is 3. The number of carboxylic acids is 1. The van der Waals surface area contributed by atoms with Crippen molar-refractivity contribution in [2.24, 2.45) is 0 Å². The van der Waals surface area contributed by atoms with Crippen LogP contribution in [0.25, 0.3) is 0 Å². The molecule has 1 aliphatic rings. The molecule has 0 aromatic carbocycles. The van der Waals surface area contributed by atoms with E-state index in [4.69, 9.17) is 24.4 Å². The van der Waals surface area contributed by atoms with Crippen molar-refractivity contribution < 1.29 is 54.1 Å². The molecular formula is C19H35N3O11S. The van der Waals surface area contributed by atoms with E-state index >= 15 is 0 Å². The number of aliphatic hydroxyl groups excluding tert-OH is 4. The highest BCUT2D eigenvalue weighted by Gasteiger charge is 2.43. The van der Waals surface area contributed by atoms with Crippen LogP contribution >= 0.6 is 11.8 Å². The number of carboxylic acid groups (broad SMARTS) is 1. The van der Waals surface area contributed by atoms with Crippen LogP contribution in [0.5, 0.6) is 0 Å². The molecule has 34 heavy (non-hydrogen) atoms. The summed E-state index contributed by atoms with van der Waals surface area (Å²) in [6.45, 7) is -0.588. The fraction of sp³-hybridized carbons (Fsp3) is 0.842. The van der Waals surface area contributed by atoms with Crippen molar-refractivity contribution in [3.05, 3.63) is 0 Å². The maximum Gasteiger partial charge on any atom is 0.327 e. The lowest BCUT2D eigenvalue weighted by atomic mass is 9.99. The number of aliphatic hydroxyl groups is 4. The van der Waals surface area contributed by atoms with E-state index in [1.54, 1.807) is 6.26 Å². The summed E-state index contributed by atoms with van der Waals surface area (Å²) in [6, 6.07) is -1.85. The van der Waals surface area contributed by atoms with Crippen LogP contribution < -0.4 is 16.0 Å². The topological polar surface area (TPSA) is 216 Å². The first-order valence-corrected chi connectivity index (χ1v) is 12.0. The van der Waals surface area contributed by atoms with Crippen molar-refractivity contribution in [2.45, 2.75) is 49.2 Å². The number of amides is 2. The molecule has 1 heterocycles. The van der Waals surface area contributed by atoms with Gasteiger partial charge < -0.3 is 55.7 Å². The predicted octanol–water partition coefficient (Wildman–Crippen LogP) is -4.15. The van der Waals surface area contributed by atoms with Gasteiger partial charge in [-0.1, -0.05) is 0 Å². The molecule has 1 fully saturated rings. The number of carbonyl (C=O) groups excluding carboxylic acids is 2. The number of nitrogens with one attached hydrogen (secondary N) is 3. The number of carbonyl (C=O) groups is 3. The third kappa shape index (κ3) is 9.97. The van der Waals surface area contributed by atoms with Crippen molar-refractivity contribution in [3.63, 3.8) is 0 Å². The van der Waals surface area contributed by atoms with Gasteiger partial charge in [-0.3, -0.25) is 9.59 Å². The lowest BCUT2D eigenvalue weighted by Gasteiger charge is -2.39. The van der Waals surface area contributed by atoms with Gasteiger partial charge >= 0.3 is 5.97 Å². The molecule has 1 rings (SSSR count). The van der Waals surface area contributed by atoms with Crippen LogP contribution in [0.15, 0.2) is 0 Å². The highest BCUT2D eigenvalue weighted by Crippen LogP contribution is 2.21. The number of hydrogen-bond donors (Lipinski definition) is 8. The van der Waals surface area contributed by atoms with Gasteiger partial charge in [-0.05, 0) is 13.3 Å². The van der Waals surface area contributed by atoms with E-state index in [9.17, 15) is 29.7 Å². The van der Waals surface area contributed by atoms with Gasteiger partial charge in [0.25, 0.3) is 0 Å². The molecule has 0 bridgehead atoms. The van der Waals surface area contributed by atoms with Gasteiger partial charge in [-0.25, -0.2) is 4.79 Å². The third-order valence-corrected chi connectivity index (χ3v) is 5.61. The Morgan fingerprint density at radius 2 is 1.76 bits per heavy atom. The molecule has 198 valence electrons. The van der Waals surface area contributed by atoms with Gasteiger partial charge in [0.2, 0.25) is 11.8 Å². The zero-order valence-electron chi connectivity index (χ0n) is 19.1. The van der Waals surface area contributed by atoms with Crippen LogP contribution in [0.4, 0.5) is 0 Å². The highest BCUT2D eigenvalue weighted by atomic mass is 32.2. The Balaban J connectivity index is 2.25. The van der Waals surface area contributed by atoms with E-state index in [-0.39, 0.29) is 44.4 Å². The first kappa shape index (κ1) is 30.5. The average Bonchev–Trinajstić information content (AvgIpc) is 2.81. The SMILES string of the molecule is CN[C@@H](CNC(=O)CCOCCOC1OC(CO)C(O)[C@H](O)[C@H]1O)C(=O)N[C@H](CSC)C(=O)O. The lowest BCUT2D eigenvalue weighted by molar-refractivity contribution is -0.302. The molecule has 0 spiro atoms. The van der Waals surface area contributed by atoms with Crippen LogP contribution in [-0.2, 0) is 28.6 Å². The van der Waals surface area contributed by atoms with Crippen LogP contribution in [0, 0.1) is 0 Å². The summed E-state index contributed by atoms with van der Waals surface area (Å²) < 4.78 is 15.7. The predicted molar refractivity (Wildman–Crippen MR) is 119 cm³/mol. The molecule has 7 atom stereocenters. The monoisotopic (exact) mass is 513 g/mol. The second kappa shape index (κ2) is 16.2. The molecule has 2 amide bonds. The van der Waals surface area contributed by atoms with Crippen molar-refractivity contribution in [3.8, 4) is 0 Å². The van der Waals surface area contributed by atoms with Gasteiger partial charge in [0.05, 0.1) is 26.4 Å². The zero-order valence-corrected chi connectivity index (χ0v) is 19.9. The second-order valence-electron chi connectivity index (χ2n) is 7.43. The Bertz CT molecular complexity index is 643. The van der Waals surface area contributed by atoms with E-state index in [1.807, 2.05) is 0 Å². The minimum absolute atomic E-state index is 0.0116. The standard InChI is InChI=1S/C19H35N3O11S/c1-20-10(17(28)22-11(9-34-2)18(29)30)7-21-13(24)3-4-31-5-6-32-19-16(27)15(26)14(25)12(8-23)33-19/h10-12,14-16,19-20,23,25-27H,3-9H2,1-2H3,(H,21,24)(H,22,28)(H,29,30)/t10-,11+,12?,14?,15-,16+,19?/m0/s1. The molecule has 0 radical (unpaired) electrons. The maximum absolute atomic E-state index is 12.2. The van der Waals surface area contributed by atoms with Crippen molar-refractivity contribution >= 4 is 29.5 Å².